The summed E-state index contributed by atoms with van der Waals surface area (Å²) < 4.78 is 15.4. The van der Waals surface area contributed by atoms with Crippen LogP contribution in [0.1, 0.15) is 19.8 Å². The molecule has 21 heavy (non-hydrogen) atoms. The standard InChI is InChI=1S/C16H24O5/c1-16-11(7-8-21-10-19-2)5-4-6-12(16)13(17)9-14(20-3)15(16)18/h4-5,9,11-12,15,18H,6-8,10H2,1-3H3/t11-,12-,15+,16-/m1/s1. The molecule has 118 valence electrons. The number of hydrogen-bond donors (Lipinski definition) is 1. The summed E-state index contributed by atoms with van der Waals surface area (Å²) in [4.78, 5) is 12.3. The number of carbonyl (C=O) groups is 1. The van der Waals surface area contributed by atoms with Crippen molar-refractivity contribution in [3.8, 4) is 0 Å². The van der Waals surface area contributed by atoms with Crippen molar-refractivity contribution in [3.63, 3.8) is 0 Å². The molecule has 0 bridgehead atoms. The van der Waals surface area contributed by atoms with Gasteiger partial charge in [0.2, 0.25) is 0 Å². The van der Waals surface area contributed by atoms with Crippen LogP contribution < -0.4 is 0 Å². The lowest BCUT2D eigenvalue weighted by Gasteiger charge is -2.49. The van der Waals surface area contributed by atoms with Crippen LogP contribution in [0.25, 0.3) is 0 Å². The summed E-state index contributed by atoms with van der Waals surface area (Å²) in [5.74, 6) is 0.249. The van der Waals surface area contributed by atoms with Crippen LogP contribution in [0.15, 0.2) is 24.0 Å². The van der Waals surface area contributed by atoms with Crippen molar-refractivity contribution >= 4 is 5.78 Å². The van der Waals surface area contributed by atoms with E-state index in [0.29, 0.717) is 18.8 Å². The molecule has 0 radical (unpaired) electrons. The van der Waals surface area contributed by atoms with Gasteiger partial charge in [-0.25, -0.2) is 0 Å². The summed E-state index contributed by atoms with van der Waals surface area (Å²) in [6.07, 6.45) is 6.17. The predicted octanol–water partition coefficient (Wildman–Crippen LogP) is 1.67. The molecular formula is C16H24O5. The van der Waals surface area contributed by atoms with Crippen LogP contribution in [0.2, 0.25) is 0 Å². The molecule has 0 amide bonds. The Hall–Kier alpha value is -1.17. The van der Waals surface area contributed by atoms with Crippen LogP contribution in [0.5, 0.6) is 0 Å². The number of rotatable bonds is 6. The van der Waals surface area contributed by atoms with Crippen LogP contribution in [-0.4, -0.2) is 44.6 Å². The number of methoxy groups -OCH3 is 2. The van der Waals surface area contributed by atoms with Crippen molar-refractivity contribution in [1.82, 2.24) is 0 Å². The third-order valence-corrected chi connectivity index (χ3v) is 4.79. The van der Waals surface area contributed by atoms with Gasteiger partial charge in [-0.2, -0.15) is 0 Å². The Kier molecular flexibility index (Phi) is 5.19. The van der Waals surface area contributed by atoms with Crippen molar-refractivity contribution in [2.45, 2.75) is 25.9 Å². The second-order valence-corrected chi connectivity index (χ2v) is 5.85. The number of hydrogen-bond acceptors (Lipinski definition) is 5. The second kappa shape index (κ2) is 6.73. The van der Waals surface area contributed by atoms with Gasteiger partial charge in [0, 0.05) is 24.5 Å². The normalized spacial score (nSPS) is 35.3. The summed E-state index contributed by atoms with van der Waals surface area (Å²) in [5, 5.41) is 10.7. The quantitative estimate of drug-likeness (QED) is 0.459. The Morgan fingerprint density at radius 1 is 1.43 bits per heavy atom. The monoisotopic (exact) mass is 296 g/mol. The highest BCUT2D eigenvalue weighted by molar-refractivity contribution is 5.94. The molecule has 0 saturated carbocycles. The summed E-state index contributed by atoms with van der Waals surface area (Å²) in [7, 11) is 3.07. The first-order chi connectivity index (χ1) is 10.1. The van der Waals surface area contributed by atoms with E-state index >= 15 is 0 Å². The first-order valence-electron chi connectivity index (χ1n) is 7.26. The molecule has 2 rings (SSSR count). The van der Waals surface area contributed by atoms with Gasteiger partial charge < -0.3 is 19.3 Å². The van der Waals surface area contributed by atoms with Crippen molar-refractivity contribution in [2.24, 2.45) is 17.3 Å². The average Bonchev–Trinajstić information content (AvgIpc) is 2.48. The van der Waals surface area contributed by atoms with Gasteiger partial charge in [0.25, 0.3) is 0 Å². The molecule has 0 unspecified atom stereocenters. The molecule has 0 aromatic carbocycles. The first kappa shape index (κ1) is 16.2. The fraction of sp³-hybridized carbons (Fsp3) is 0.688. The van der Waals surface area contributed by atoms with E-state index in [1.807, 2.05) is 13.0 Å². The molecule has 0 fully saturated rings. The van der Waals surface area contributed by atoms with Crippen LogP contribution >= 0.6 is 0 Å². The van der Waals surface area contributed by atoms with E-state index in [-0.39, 0.29) is 24.4 Å². The Balaban J connectivity index is 2.19. The molecule has 0 aromatic heterocycles. The summed E-state index contributed by atoms with van der Waals surface area (Å²) in [6, 6.07) is 0. The van der Waals surface area contributed by atoms with Crippen molar-refractivity contribution in [1.29, 1.82) is 0 Å². The first-order valence-corrected chi connectivity index (χ1v) is 7.26. The third-order valence-electron chi connectivity index (χ3n) is 4.79. The lowest BCUT2D eigenvalue weighted by atomic mass is 9.56. The average molecular weight is 296 g/mol. The molecule has 0 saturated heterocycles. The lowest BCUT2D eigenvalue weighted by Crippen LogP contribution is -2.52. The van der Waals surface area contributed by atoms with Gasteiger partial charge in [-0.1, -0.05) is 19.1 Å². The Labute approximate surface area is 125 Å². The maximum Gasteiger partial charge on any atom is 0.163 e. The molecule has 5 nitrogen and oxygen atoms in total. The number of allylic oxidation sites excluding steroid dienone is 3. The molecule has 0 aliphatic heterocycles. The molecule has 2 aliphatic rings. The number of aliphatic hydroxyl groups excluding tert-OH is 1. The van der Waals surface area contributed by atoms with E-state index in [2.05, 4.69) is 6.08 Å². The van der Waals surface area contributed by atoms with Crippen LogP contribution in [0.4, 0.5) is 0 Å². The summed E-state index contributed by atoms with van der Waals surface area (Å²) >= 11 is 0. The lowest BCUT2D eigenvalue weighted by molar-refractivity contribution is -0.134. The van der Waals surface area contributed by atoms with Crippen molar-refractivity contribution in [3.05, 3.63) is 24.0 Å². The van der Waals surface area contributed by atoms with Gasteiger partial charge in [-0.15, -0.1) is 0 Å². The molecular weight excluding hydrogens is 272 g/mol. The molecule has 1 N–H and O–H groups in total. The zero-order valence-corrected chi connectivity index (χ0v) is 12.9. The minimum Gasteiger partial charge on any atom is -0.498 e. The zero-order chi connectivity index (χ0) is 15.5. The van der Waals surface area contributed by atoms with Gasteiger partial charge in [0.1, 0.15) is 18.7 Å². The summed E-state index contributed by atoms with van der Waals surface area (Å²) in [6.45, 7) is 2.75. The number of carbonyl (C=O) groups excluding carboxylic acids is 1. The van der Waals surface area contributed by atoms with E-state index in [1.54, 1.807) is 7.11 Å². The van der Waals surface area contributed by atoms with E-state index in [9.17, 15) is 9.90 Å². The van der Waals surface area contributed by atoms with Gasteiger partial charge in [0.15, 0.2) is 5.78 Å². The highest BCUT2D eigenvalue weighted by Crippen LogP contribution is 2.50. The van der Waals surface area contributed by atoms with E-state index in [0.717, 1.165) is 6.42 Å². The maximum absolute atomic E-state index is 12.3. The molecule has 0 heterocycles. The SMILES string of the molecule is COCOCC[C@H]1C=CC[C@@H]2C(=O)C=C(OC)[C@H](O)[C@]12C. The maximum atomic E-state index is 12.3. The van der Waals surface area contributed by atoms with E-state index in [4.69, 9.17) is 14.2 Å². The molecule has 5 heteroatoms. The fourth-order valence-corrected chi connectivity index (χ4v) is 3.47. The predicted molar refractivity (Wildman–Crippen MR) is 77.4 cm³/mol. The fourth-order valence-electron chi connectivity index (χ4n) is 3.47. The largest absolute Gasteiger partial charge is 0.498 e. The highest BCUT2D eigenvalue weighted by atomic mass is 16.7. The van der Waals surface area contributed by atoms with Gasteiger partial charge in [-0.3, -0.25) is 4.79 Å². The Morgan fingerprint density at radius 2 is 2.19 bits per heavy atom. The van der Waals surface area contributed by atoms with E-state index in [1.165, 1.54) is 13.2 Å². The molecule has 0 spiro atoms. The molecule has 4 atom stereocenters. The van der Waals surface area contributed by atoms with Crippen LogP contribution in [-0.2, 0) is 19.0 Å². The number of aliphatic hydroxyl groups is 1. The van der Waals surface area contributed by atoms with Crippen LogP contribution in [0, 0.1) is 17.3 Å². The minimum absolute atomic E-state index is 0.0341. The van der Waals surface area contributed by atoms with Crippen molar-refractivity contribution in [2.75, 3.05) is 27.6 Å². The molecule has 2 aliphatic carbocycles. The topological polar surface area (TPSA) is 65.0 Å². The van der Waals surface area contributed by atoms with Gasteiger partial charge in [0.05, 0.1) is 13.7 Å². The molecule has 0 aromatic rings. The number of ether oxygens (including phenoxy) is 3. The minimum atomic E-state index is -0.775. The number of fused-ring (bicyclic) bond motifs is 1. The Bertz CT molecular complexity index is 442. The van der Waals surface area contributed by atoms with E-state index < -0.39 is 11.5 Å². The van der Waals surface area contributed by atoms with Gasteiger partial charge >= 0.3 is 0 Å². The third kappa shape index (κ3) is 2.91. The van der Waals surface area contributed by atoms with Crippen LogP contribution in [0.3, 0.4) is 0 Å². The Morgan fingerprint density at radius 3 is 2.86 bits per heavy atom. The summed E-state index contributed by atoms with van der Waals surface area (Å²) in [5.41, 5.74) is -0.553. The number of ketones is 1. The smallest absolute Gasteiger partial charge is 0.163 e. The van der Waals surface area contributed by atoms with Crippen molar-refractivity contribution < 1.29 is 24.1 Å². The zero-order valence-electron chi connectivity index (χ0n) is 12.9. The highest BCUT2D eigenvalue weighted by Gasteiger charge is 2.53. The van der Waals surface area contributed by atoms with Gasteiger partial charge in [-0.05, 0) is 18.8 Å². The second-order valence-electron chi connectivity index (χ2n) is 5.85.